The van der Waals surface area contributed by atoms with Crippen LogP contribution in [0.2, 0.25) is 0 Å². The minimum Gasteiger partial charge on any atom is -0.357 e. The van der Waals surface area contributed by atoms with Crippen molar-refractivity contribution < 1.29 is 13.5 Å². The number of benzene rings is 1. The van der Waals surface area contributed by atoms with Gasteiger partial charge in [0.2, 0.25) is 0 Å². The van der Waals surface area contributed by atoms with Gasteiger partial charge in [-0.15, -0.1) is 0 Å². The molecular formula is C14H16F2OS. The monoisotopic (exact) mass is 270 g/mol. The van der Waals surface area contributed by atoms with Crippen LogP contribution in [0.15, 0.2) is 18.2 Å². The summed E-state index contributed by atoms with van der Waals surface area (Å²) in [7, 11) is 0. The summed E-state index contributed by atoms with van der Waals surface area (Å²) in [5.74, 6) is 0. The third-order valence-corrected chi connectivity index (χ3v) is 4.99. The molecular weight excluding hydrogens is 254 g/mol. The molecule has 1 atom stereocenters. The number of thioether (sulfide) groups is 1. The average molecular weight is 270 g/mol. The molecule has 98 valence electrons. The summed E-state index contributed by atoms with van der Waals surface area (Å²) in [6.07, 6.45) is 1.81. The molecule has 1 aromatic carbocycles. The molecule has 1 aromatic rings. The molecule has 1 nitrogen and oxygen atoms in total. The number of epoxide rings is 1. The first-order chi connectivity index (χ1) is 8.45. The van der Waals surface area contributed by atoms with Gasteiger partial charge in [-0.3, -0.25) is 0 Å². The number of alkyl halides is 2. The summed E-state index contributed by atoms with van der Waals surface area (Å²) in [5.41, 5.74) is 1.25. The Labute approximate surface area is 110 Å². The van der Waals surface area contributed by atoms with Crippen LogP contribution in [0.3, 0.4) is 0 Å². The highest BCUT2D eigenvalue weighted by Crippen LogP contribution is 2.60. The first-order valence-electron chi connectivity index (χ1n) is 6.22. The molecule has 4 heteroatoms. The van der Waals surface area contributed by atoms with E-state index < -0.39 is 10.9 Å². The van der Waals surface area contributed by atoms with Crippen molar-refractivity contribution >= 4 is 11.8 Å². The van der Waals surface area contributed by atoms with Crippen molar-refractivity contribution in [2.75, 3.05) is 6.61 Å². The summed E-state index contributed by atoms with van der Waals surface area (Å²) in [4.78, 5) is 0. The number of halogens is 2. The highest BCUT2D eigenvalue weighted by Gasteiger charge is 2.67. The Morgan fingerprint density at radius 1 is 1.33 bits per heavy atom. The SMILES string of the molecule is Cc1ccc(C2(C(F)(F)SC3CC3)CO2)c(C)c1. The molecule has 0 bridgehead atoms. The normalized spacial score (nSPS) is 27.3. The van der Waals surface area contributed by atoms with Gasteiger partial charge in [0.15, 0.2) is 5.60 Å². The van der Waals surface area contributed by atoms with Crippen LogP contribution in [-0.4, -0.2) is 17.1 Å². The Morgan fingerprint density at radius 2 is 2.00 bits per heavy atom. The van der Waals surface area contributed by atoms with E-state index in [1.807, 2.05) is 26.0 Å². The smallest absolute Gasteiger partial charge is 0.328 e. The van der Waals surface area contributed by atoms with E-state index in [0.717, 1.165) is 35.7 Å². The van der Waals surface area contributed by atoms with Crippen molar-refractivity contribution in [2.24, 2.45) is 0 Å². The third-order valence-electron chi connectivity index (χ3n) is 3.56. The third kappa shape index (κ3) is 1.95. The van der Waals surface area contributed by atoms with Crippen molar-refractivity contribution in [1.82, 2.24) is 0 Å². The number of rotatable bonds is 4. The maximum atomic E-state index is 14.4. The van der Waals surface area contributed by atoms with Crippen molar-refractivity contribution in [1.29, 1.82) is 0 Å². The second-order valence-electron chi connectivity index (χ2n) is 5.27. The number of ether oxygens (including phenoxy) is 1. The van der Waals surface area contributed by atoms with Gasteiger partial charge >= 0.3 is 5.25 Å². The topological polar surface area (TPSA) is 12.5 Å². The van der Waals surface area contributed by atoms with Crippen molar-refractivity contribution in [2.45, 2.75) is 42.8 Å². The summed E-state index contributed by atoms with van der Waals surface area (Å²) >= 11 is 0.787. The van der Waals surface area contributed by atoms with E-state index in [-0.39, 0.29) is 11.9 Å². The van der Waals surface area contributed by atoms with Crippen LogP contribution in [0.5, 0.6) is 0 Å². The van der Waals surface area contributed by atoms with Crippen molar-refractivity contribution in [3.05, 3.63) is 34.9 Å². The predicted octanol–water partition coefficient (Wildman–Crippen LogP) is 4.02. The molecule has 1 saturated heterocycles. The maximum absolute atomic E-state index is 14.4. The summed E-state index contributed by atoms with van der Waals surface area (Å²) in [5, 5.41) is -2.71. The van der Waals surface area contributed by atoms with Crippen LogP contribution in [0.25, 0.3) is 0 Å². The Bertz CT molecular complexity index is 479. The predicted molar refractivity (Wildman–Crippen MR) is 69.1 cm³/mol. The fourth-order valence-electron chi connectivity index (χ4n) is 2.31. The zero-order valence-corrected chi connectivity index (χ0v) is 11.3. The van der Waals surface area contributed by atoms with Gasteiger partial charge in [-0.25, -0.2) is 0 Å². The molecule has 0 amide bonds. The lowest BCUT2D eigenvalue weighted by Crippen LogP contribution is -2.33. The molecule has 2 fully saturated rings. The van der Waals surface area contributed by atoms with Gasteiger partial charge in [-0.05, 0) is 37.8 Å². The van der Waals surface area contributed by atoms with Gasteiger partial charge in [0.25, 0.3) is 0 Å². The Morgan fingerprint density at radius 3 is 2.50 bits per heavy atom. The van der Waals surface area contributed by atoms with Gasteiger partial charge in [0.05, 0.1) is 6.61 Å². The molecule has 1 saturated carbocycles. The van der Waals surface area contributed by atoms with Crippen LogP contribution in [0.1, 0.15) is 29.5 Å². The van der Waals surface area contributed by atoms with E-state index in [1.165, 1.54) is 0 Å². The van der Waals surface area contributed by atoms with Gasteiger partial charge in [-0.2, -0.15) is 8.78 Å². The highest BCUT2D eigenvalue weighted by molar-refractivity contribution is 8.01. The average Bonchev–Trinajstić information content (AvgIpc) is 3.08. The Hall–Kier alpha value is -0.610. The summed E-state index contributed by atoms with van der Waals surface area (Å²) < 4.78 is 33.9. The lowest BCUT2D eigenvalue weighted by atomic mass is 9.94. The number of hydrogen-bond acceptors (Lipinski definition) is 2. The van der Waals surface area contributed by atoms with E-state index in [9.17, 15) is 8.78 Å². The van der Waals surface area contributed by atoms with Gasteiger partial charge in [0.1, 0.15) is 0 Å². The maximum Gasteiger partial charge on any atom is 0.328 e. The first kappa shape index (κ1) is 12.4. The van der Waals surface area contributed by atoms with E-state index >= 15 is 0 Å². The van der Waals surface area contributed by atoms with Crippen molar-refractivity contribution in [3.8, 4) is 0 Å². The van der Waals surface area contributed by atoms with Crippen LogP contribution in [-0.2, 0) is 10.3 Å². The van der Waals surface area contributed by atoms with Crippen LogP contribution >= 0.6 is 11.8 Å². The lowest BCUT2D eigenvalue weighted by Gasteiger charge is -2.25. The van der Waals surface area contributed by atoms with E-state index in [2.05, 4.69) is 0 Å². The summed E-state index contributed by atoms with van der Waals surface area (Å²) in [6.45, 7) is 3.97. The molecule has 1 aliphatic heterocycles. The molecule has 1 heterocycles. The molecule has 0 N–H and O–H groups in total. The molecule has 0 spiro atoms. The Balaban J connectivity index is 1.93. The molecule has 2 aliphatic rings. The first-order valence-corrected chi connectivity index (χ1v) is 7.10. The zero-order valence-electron chi connectivity index (χ0n) is 10.5. The minimum absolute atomic E-state index is 0.117. The van der Waals surface area contributed by atoms with Gasteiger partial charge < -0.3 is 4.74 Å². The van der Waals surface area contributed by atoms with Crippen molar-refractivity contribution in [3.63, 3.8) is 0 Å². The lowest BCUT2D eigenvalue weighted by molar-refractivity contribution is 0.00915. The number of aryl methyl sites for hydroxylation is 2. The molecule has 0 aromatic heterocycles. The van der Waals surface area contributed by atoms with Crippen LogP contribution in [0.4, 0.5) is 8.78 Å². The zero-order chi connectivity index (χ0) is 13.0. The Kier molecular flexibility index (Phi) is 2.72. The van der Waals surface area contributed by atoms with Crippen LogP contribution in [0, 0.1) is 13.8 Å². The second kappa shape index (κ2) is 3.94. The minimum atomic E-state index is -2.83. The highest BCUT2D eigenvalue weighted by atomic mass is 32.2. The van der Waals surface area contributed by atoms with Gasteiger partial charge in [-0.1, -0.05) is 35.5 Å². The molecule has 3 rings (SSSR count). The molecule has 0 radical (unpaired) electrons. The largest absolute Gasteiger partial charge is 0.357 e. The van der Waals surface area contributed by atoms with Gasteiger partial charge in [0, 0.05) is 5.25 Å². The molecule has 1 aliphatic carbocycles. The fourth-order valence-corrected chi connectivity index (χ4v) is 3.52. The van der Waals surface area contributed by atoms with E-state index in [4.69, 9.17) is 4.74 Å². The quantitative estimate of drug-likeness (QED) is 0.766. The fraction of sp³-hybridized carbons (Fsp3) is 0.571. The number of hydrogen-bond donors (Lipinski definition) is 0. The molecule has 18 heavy (non-hydrogen) atoms. The second-order valence-corrected chi connectivity index (χ2v) is 6.68. The van der Waals surface area contributed by atoms with Crippen LogP contribution < -0.4 is 0 Å². The van der Waals surface area contributed by atoms with E-state index in [0.29, 0.717) is 5.56 Å². The standard InChI is InChI=1S/C14H16F2OS/c1-9-3-6-12(10(2)7-9)13(8-17-13)14(15,16)18-11-4-5-11/h3,6-7,11H,4-5,8H2,1-2H3. The molecule has 1 unspecified atom stereocenters. The summed E-state index contributed by atoms with van der Waals surface area (Å²) in [6, 6.07) is 5.61. The van der Waals surface area contributed by atoms with E-state index in [1.54, 1.807) is 6.07 Å².